The Kier molecular flexibility index (Phi) is 9.87. The number of aliphatic hydroxyl groups is 1. The molecule has 20 heteroatoms. The first-order valence-corrected chi connectivity index (χ1v) is 15.4. The zero-order chi connectivity index (χ0) is 29.8. The highest BCUT2D eigenvalue weighted by molar-refractivity contribution is 8.07. The van der Waals surface area contributed by atoms with Crippen molar-refractivity contribution < 1.29 is 29.8 Å². The van der Waals surface area contributed by atoms with Gasteiger partial charge in [-0.1, -0.05) is 39.9 Å². The summed E-state index contributed by atoms with van der Waals surface area (Å²) in [6.07, 6.45) is 3.15. The number of carbonyl (C=O) groups excluding carboxylic acids is 2. The molecule has 1 fully saturated rings. The summed E-state index contributed by atoms with van der Waals surface area (Å²) in [4.78, 5) is 53.1. The maximum atomic E-state index is 13.1. The number of anilines is 1. The SMILES string of the molecule is NC(N)=NC(CO)CSc1cnccc1SC1=C(C(=O)O)N2C(=O)[C@@H](NC(=O)/C(=N\O)c3nc(N)sc3Cl)[C@H]2SC1. The first-order chi connectivity index (χ1) is 19.5. The zero-order valence-corrected chi connectivity index (χ0v) is 24.7. The van der Waals surface area contributed by atoms with Crippen molar-refractivity contribution in [3.05, 3.63) is 39.1 Å². The number of β-lactam (4-membered cyclic amide) rings is 1. The fourth-order valence-electron chi connectivity index (χ4n) is 3.76. The van der Waals surface area contributed by atoms with E-state index in [1.807, 2.05) is 0 Å². The van der Waals surface area contributed by atoms with Crippen LogP contribution < -0.4 is 22.5 Å². The molecule has 0 spiro atoms. The summed E-state index contributed by atoms with van der Waals surface area (Å²) in [5, 5.41) is 33.7. The molecule has 41 heavy (non-hydrogen) atoms. The highest BCUT2D eigenvalue weighted by Gasteiger charge is 2.54. The molecule has 2 aliphatic heterocycles. The number of nitrogens with one attached hydrogen (secondary N) is 1. The zero-order valence-electron chi connectivity index (χ0n) is 20.6. The van der Waals surface area contributed by atoms with Crippen LogP contribution in [-0.4, -0.2) is 95.3 Å². The minimum absolute atomic E-state index is 0.0218. The van der Waals surface area contributed by atoms with Gasteiger partial charge >= 0.3 is 5.97 Å². The number of halogens is 1. The second-order valence-electron chi connectivity index (χ2n) is 8.19. The number of pyridine rings is 1. The summed E-state index contributed by atoms with van der Waals surface area (Å²) in [7, 11) is 0. The third-order valence-electron chi connectivity index (χ3n) is 5.52. The van der Waals surface area contributed by atoms with Gasteiger partial charge in [0.2, 0.25) is 0 Å². The number of rotatable bonds is 11. The number of aromatic nitrogens is 2. The fourth-order valence-corrected chi connectivity index (χ4v) is 8.35. The van der Waals surface area contributed by atoms with Crippen molar-refractivity contribution in [1.29, 1.82) is 0 Å². The lowest BCUT2D eigenvalue weighted by Crippen LogP contribution is -2.71. The number of aliphatic hydroxyl groups excluding tert-OH is 1. The lowest BCUT2D eigenvalue weighted by Gasteiger charge is -2.49. The van der Waals surface area contributed by atoms with E-state index in [1.54, 1.807) is 18.5 Å². The van der Waals surface area contributed by atoms with Crippen molar-refractivity contribution in [1.82, 2.24) is 20.2 Å². The number of carboxylic acid groups (broad SMARTS) is 1. The van der Waals surface area contributed by atoms with Crippen LogP contribution in [0.2, 0.25) is 4.34 Å². The van der Waals surface area contributed by atoms with Crippen LogP contribution in [-0.2, 0) is 14.4 Å². The number of fused-ring (bicyclic) bond motifs is 1. The van der Waals surface area contributed by atoms with Gasteiger partial charge in [-0.3, -0.25) is 19.5 Å². The van der Waals surface area contributed by atoms with Gasteiger partial charge in [-0.25, -0.2) is 14.8 Å². The summed E-state index contributed by atoms with van der Waals surface area (Å²) in [6.45, 7) is -0.273. The minimum Gasteiger partial charge on any atom is -0.477 e. The van der Waals surface area contributed by atoms with Crippen LogP contribution in [0, 0.1) is 0 Å². The molecule has 2 aromatic rings. The predicted octanol–water partition coefficient (Wildman–Crippen LogP) is 0.167. The summed E-state index contributed by atoms with van der Waals surface area (Å²) in [6, 6.07) is 0.0737. The highest BCUT2D eigenvalue weighted by atomic mass is 35.5. The quantitative estimate of drug-likeness (QED) is 0.0424. The van der Waals surface area contributed by atoms with Crippen molar-refractivity contribution in [2.24, 2.45) is 21.6 Å². The molecular formula is C21H22ClN9O6S4. The van der Waals surface area contributed by atoms with Crippen molar-refractivity contribution >= 4 is 92.8 Å². The molecule has 2 amide bonds. The van der Waals surface area contributed by atoms with Gasteiger partial charge in [0.1, 0.15) is 27.1 Å². The van der Waals surface area contributed by atoms with Crippen molar-refractivity contribution in [2.75, 3.05) is 23.8 Å². The van der Waals surface area contributed by atoms with E-state index in [1.165, 1.54) is 35.3 Å². The van der Waals surface area contributed by atoms with Gasteiger partial charge in [0.15, 0.2) is 16.8 Å². The average molecular weight is 660 g/mol. The van der Waals surface area contributed by atoms with Gasteiger partial charge in [-0.05, 0) is 6.07 Å². The van der Waals surface area contributed by atoms with Crippen LogP contribution in [0.4, 0.5) is 5.13 Å². The van der Waals surface area contributed by atoms with E-state index in [9.17, 15) is 29.8 Å². The second kappa shape index (κ2) is 13.2. The van der Waals surface area contributed by atoms with Crippen LogP contribution in [0.25, 0.3) is 0 Å². The number of carboxylic acids is 1. The summed E-state index contributed by atoms with van der Waals surface area (Å²) in [5.74, 6) is -2.49. The number of aliphatic carboxylic acids is 1. The van der Waals surface area contributed by atoms with Crippen LogP contribution in [0.1, 0.15) is 5.69 Å². The maximum Gasteiger partial charge on any atom is 0.353 e. The van der Waals surface area contributed by atoms with Gasteiger partial charge < -0.3 is 37.9 Å². The third kappa shape index (κ3) is 6.65. The molecule has 15 nitrogen and oxygen atoms in total. The third-order valence-corrected chi connectivity index (χ3v) is 10.5. The number of carbonyl (C=O) groups is 3. The average Bonchev–Trinajstić information content (AvgIpc) is 3.27. The van der Waals surface area contributed by atoms with Crippen LogP contribution in [0.5, 0.6) is 0 Å². The number of nitrogens with two attached hydrogens (primary N) is 3. The molecule has 0 aromatic carbocycles. The normalized spacial score (nSPS) is 19.3. The number of nitrogens with zero attached hydrogens (tertiary/aromatic N) is 5. The number of oxime groups is 1. The molecule has 2 aliphatic rings. The van der Waals surface area contributed by atoms with Gasteiger partial charge in [0.25, 0.3) is 11.8 Å². The van der Waals surface area contributed by atoms with E-state index in [2.05, 4.69) is 25.4 Å². The number of aliphatic imine (C=N–C) groups is 1. The number of hydrogen-bond acceptors (Lipinski definition) is 14. The first-order valence-electron chi connectivity index (χ1n) is 11.4. The van der Waals surface area contributed by atoms with E-state index >= 15 is 0 Å². The Hall–Kier alpha value is -3.23. The van der Waals surface area contributed by atoms with Gasteiger partial charge in [-0.15, -0.1) is 23.5 Å². The first kappa shape index (κ1) is 30.7. The molecule has 0 aliphatic carbocycles. The standard InChI is InChI=1S/C21H22ClN9O6S4/c22-15-11(29-21(25)41-15)12(30-37)16(33)28-13-17(34)31-14(19(35)36)10(6-39-18(13)31)40-8-1-2-26-3-9(8)38-5-7(4-32)27-20(23)24/h1-3,7,13,18,32,37H,4-6H2,(H2,25,29)(H,28,33)(H,35,36)(H4,23,24,27)/b30-12-/t7?,13-,18-/m1/s1. The molecule has 2 aromatic heterocycles. The lowest BCUT2D eigenvalue weighted by atomic mass is 10.0. The van der Waals surface area contributed by atoms with Gasteiger partial charge in [-0.2, -0.15) is 0 Å². The molecule has 3 atom stereocenters. The van der Waals surface area contributed by atoms with E-state index in [4.69, 9.17) is 28.8 Å². The Morgan fingerprint density at radius 3 is 2.71 bits per heavy atom. The molecule has 4 heterocycles. The topological polar surface area (TPSA) is 256 Å². The van der Waals surface area contributed by atoms with Crippen LogP contribution in [0.3, 0.4) is 0 Å². The number of amides is 2. The van der Waals surface area contributed by atoms with Crippen molar-refractivity contribution in [2.45, 2.75) is 27.2 Å². The largest absolute Gasteiger partial charge is 0.477 e. The number of thiazole rings is 1. The summed E-state index contributed by atoms with van der Waals surface area (Å²) >= 11 is 10.6. The van der Waals surface area contributed by atoms with E-state index in [0.717, 1.165) is 16.2 Å². The van der Waals surface area contributed by atoms with Gasteiger partial charge in [0, 0.05) is 38.6 Å². The van der Waals surface area contributed by atoms with Crippen LogP contribution >= 0.6 is 58.2 Å². The molecule has 4 rings (SSSR count). The summed E-state index contributed by atoms with van der Waals surface area (Å²) in [5.41, 5.74) is 15.5. The lowest BCUT2D eigenvalue weighted by molar-refractivity contribution is -0.150. The van der Waals surface area contributed by atoms with E-state index in [0.29, 0.717) is 20.4 Å². The van der Waals surface area contributed by atoms with Crippen LogP contribution in [0.15, 0.2) is 49.0 Å². The Bertz CT molecular complexity index is 1460. The predicted molar refractivity (Wildman–Crippen MR) is 157 cm³/mol. The second-order valence-corrected chi connectivity index (χ2v) is 13.1. The molecule has 10 N–H and O–H groups in total. The number of guanidine groups is 1. The summed E-state index contributed by atoms with van der Waals surface area (Å²) < 4.78 is 0.0218. The van der Waals surface area contributed by atoms with E-state index < -0.39 is 41.0 Å². The van der Waals surface area contributed by atoms with Crippen molar-refractivity contribution in [3.63, 3.8) is 0 Å². The highest BCUT2D eigenvalue weighted by Crippen LogP contribution is 2.46. The molecule has 0 bridgehead atoms. The number of thioether (sulfide) groups is 3. The van der Waals surface area contributed by atoms with Crippen molar-refractivity contribution in [3.8, 4) is 0 Å². The Morgan fingerprint density at radius 1 is 1.34 bits per heavy atom. The fraction of sp³-hybridized carbons (Fsp3) is 0.286. The molecule has 218 valence electrons. The molecular weight excluding hydrogens is 638 g/mol. The Labute approximate surface area is 253 Å². The molecule has 1 saturated heterocycles. The molecule has 0 radical (unpaired) electrons. The Balaban J connectivity index is 1.51. The molecule has 0 saturated carbocycles. The maximum absolute atomic E-state index is 13.1. The molecule has 1 unspecified atom stereocenters. The Morgan fingerprint density at radius 2 is 2.10 bits per heavy atom. The monoisotopic (exact) mass is 659 g/mol. The smallest absolute Gasteiger partial charge is 0.353 e. The van der Waals surface area contributed by atoms with Gasteiger partial charge in [0.05, 0.1) is 12.6 Å². The number of hydrogen-bond donors (Lipinski definition) is 7. The van der Waals surface area contributed by atoms with E-state index in [-0.39, 0.29) is 39.2 Å². The number of nitrogen functional groups attached to an aromatic ring is 1. The minimum atomic E-state index is -1.31.